The third-order valence-corrected chi connectivity index (χ3v) is 4.51. The summed E-state index contributed by atoms with van der Waals surface area (Å²) in [6, 6.07) is 8.07. The first kappa shape index (κ1) is 24.2. The lowest BCUT2D eigenvalue weighted by molar-refractivity contribution is 0.279. The van der Waals surface area contributed by atoms with Crippen molar-refractivity contribution in [3.63, 3.8) is 0 Å². The number of hydrogen-bond acceptors (Lipinski definition) is 4. The smallest absolute Gasteiger partial charge is 0.194 e. The summed E-state index contributed by atoms with van der Waals surface area (Å²) in [6.45, 7) is 8.91. The van der Waals surface area contributed by atoms with Gasteiger partial charge >= 0.3 is 0 Å². The number of halogens is 1. The SMILES string of the molecule is CCCCNC(=NCc1nnc(C)n1C)N(C)CCOc1ccccc1C.I. The summed E-state index contributed by atoms with van der Waals surface area (Å²) in [4.78, 5) is 6.83. The average Bonchev–Trinajstić information content (AvgIpc) is 2.98. The molecule has 156 valence electrons. The van der Waals surface area contributed by atoms with Crippen LogP contribution in [0.3, 0.4) is 0 Å². The third kappa shape index (κ3) is 7.29. The first-order chi connectivity index (χ1) is 13.0. The maximum absolute atomic E-state index is 5.92. The predicted octanol–water partition coefficient (Wildman–Crippen LogP) is 3.31. The van der Waals surface area contributed by atoms with E-state index in [1.807, 2.05) is 43.8 Å². The van der Waals surface area contributed by atoms with Crippen molar-refractivity contribution in [1.82, 2.24) is 25.0 Å². The van der Waals surface area contributed by atoms with Crippen LogP contribution in [0.1, 0.15) is 37.0 Å². The van der Waals surface area contributed by atoms with E-state index in [4.69, 9.17) is 9.73 Å². The van der Waals surface area contributed by atoms with E-state index < -0.39 is 0 Å². The van der Waals surface area contributed by atoms with Crippen molar-refractivity contribution >= 4 is 29.9 Å². The van der Waals surface area contributed by atoms with E-state index in [2.05, 4.69) is 40.3 Å². The summed E-state index contributed by atoms with van der Waals surface area (Å²) in [5.41, 5.74) is 1.15. The van der Waals surface area contributed by atoms with Gasteiger partial charge in [0.15, 0.2) is 11.8 Å². The van der Waals surface area contributed by atoms with Crippen molar-refractivity contribution < 1.29 is 4.74 Å². The van der Waals surface area contributed by atoms with Crippen molar-refractivity contribution in [3.8, 4) is 5.75 Å². The van der Waals surface area contributed by atoms with Gasteiger partial charge in [0.1, 0.15) is 24.7 Å². The van der Waals surface area contributed by atoms with E-state index in [0.29, 0.717) is 13.2 Å². The van der Waals surface area contributed by atoms with E-state index in [1.54, 1.807) is 0 Å². The number of benzene rings is 1. The van der Waals surface area contributed by atoms with Crippen LogP contribution in [0.25, 0.3) is 0 Å². The molecular formula is C20H33IN6O. The second-order valence-electron chi connectivity index (χ2n) is 6.68. The number of unbranched alkanes of at least 4 members (excludes halogenated alkanes) is 1. The van der Waals surface area contributed by atoms with Crippen LogP contribution in [0.2, 0.25) is 0 Å². The number of guanidine groups is 1. The molecule has 2 rings (SSSR count). The average molecular weight is 500 g/mol. The number of hydrogen-bond donors (Lipinski definition) is 1. The molecule has 0 saturated carbocycles. The topological polar surface area (TPSA) is 67.6 Å². The van der Waals surface area contributed by atoms with E-state index in [1.165, 1.54) is 0 Å². The van der Waals surface area contributed by atoms with Gasteiger partial charge in [-0.15, -0.1) is 34.2 Å². The summed E-state index contributed by atoms with van der Waals surface area (Å²) in [5, 5.41) is 11.7. The predicted molar refractivity (Wildman–Crippen MR) is 125 cm³/mol. The van der Waals surface area contributed by atoms with E-state index >= 15 is 0 Å². The zero-order valence-corrected chi connectivity index (χ0v) is 19.9. The summed E-state index contributed by atoms with van der Waals surface area (Å²) in [6.07, 6.45) is 2.25. The highest BCUT2D eigenvalue weighted by molar-refractivity contribution is 14.0. The number of aryl methyl sites for hydroxylation is 2. The number of aromatic nitrogens is 3. The number of aliphatic imine (C=N–C) groups is 1. The molecule has 28 heavy (non-hydrogen) atoms. The molecule has 8 heteroatoms. The van der Waals surface area contributed by atoms with E-state index in [9.17, 15) is 0 Å². The highest BCUT2D eigenvalue weighted by Gasteiger charge is 2.09. The largest absolute Gasteiger partial charge is 0.491 e. The molecule has 0 radical (unpaired) electrons. The standard InChI is InChI=1S/C20H32N6O.HI/c1-6-7-12-21-20(22-15-19-24-23-17(3)26(19)5)25(4)13-14-27-18-11-9-8-10-16(18)2;/h8-11H,6-7,12-15H2,1-5H3,(H,21,22);1H. The minimum Gasteiger partial charge on any atom is -0.491 e. The number of rotatable bonds is 9. The lowest BCUT2D eigenvalue weighted by Crippen LogP contribution is -2.41. The van der Waals surface area contributed by atoms with Crippen LogP contribution in [0.5, 0.6) is 5.75 Å². The van der Waals surface area contributed by atoms with Gasteiger partial charge in [0.25, 0.3) is 0 Å². The Bertz CT molecular complexity index is 746. The first-order valence-electron chi connectivity index (χ1n) is 9.55. The Labute approximate surface area is 185 Å². The van der Waals surface area contributed by atoms with Gasteiger partial charge in [0.2, 0.25) is 0 Å². The molecule has 0 aliphatic rings. The Morgan fingerprint density at radius 2 is 2.00 bits per heavy atom. The maximum atomic E-state index is 5.92. The molecule has 0 aliphatic carbocycles. The first-order valence-corrected chi connectivity index (χ1v) is 9.55. The van der Waals surface area contributed by atoms with E-state index in [-0.39, 0.29) is 24.0 Å². The fraction of sp³-hybridized carbons (Fsp3) is 0.550. The van der Waals surface area contributed by atoms with Gasteiger partial charge in [-0.1, -0.05) is 31.5 Å². The van der Waals surface area contributed by atoms with Crippen LogP contribution in [0.15, 0.2) is 29.3 Å². The lowest BCUT2D eigenvalue weighted by atomic mass is 10.2. The second-order valence-corrected chi connectivity index (χ2v) is 6.68. The van der Waals surface area contributed by atoms with Crippen molar-refractivity contribution in [2.24, 2.45) is 12.0 Å². The fourth-order valence-electron chi connectivity index (χ4n) is 2.54. The number of likely N-dealkylation sites (N-methyl/N-ethyl adjacent to an activating group) is 1. The van der Waals surface area contributed by atoms with Crippen molar-refractivity contribution in [2.45, 2.75) is 40.2 Å². The van der Waals surface area contributed by atoms with Crippen molar-refractivity contribution in [1.29, 1.82) is 0 Å². The monoisotopic (exact) mass is 500 g/mol. The minimum atomic E-state index is 0. The highest BCUT2D eigenvalue weighted by atomic mass is 127. The van der Waals surface area contributed by atoms with Crippen molar-refractivity contribution in [2.75, 3.05) is 26.7 Å². The fourth-order valence-corrected chi connectivity index (χ4v) is 2.54. The molecule has 0 amide bonds. The molecule has 7 nitrogen and oxygen atoms in total. The van der Waals surface area contributed by atoms with Crippen LogP contribution < -0.4 is 10.1 Å². The van der Waals surface area contributed by atoms with Gasteiger partial charge in [-0.05, 0) is 31.9 Å². The Morgan fingerprint density at radius 3 is 2.64 bits per heavy atom. The summed E-state index contributed by atoms with van der Waals surface area (Å²) >= 11 is 0. The third-order valence-electron chi connectivity index (χ3n) is 4.51. The quantitative estimate of drug-likeness (QED) is 0.248. The molecule has 0 bridgehead atoms. The normalized spacial score (nSPS) is 11.1. The van der Waals surface area contributed by atoms with Crippen molar-refractivity contribution in [3.05, 3.63) is 41.5 Å². The molecule has 0 saturated heterocycles. The molecule has 2 aromatic rings. The summed E-state index contributed by atoms with van der Waals surface area (Å²) < 4.78 is 7.88. The molecular weight excluding hydrogens is 467 g/mol. The van der Waals surface area contributed by atoms with Crippen LogP contribution in [0, 0.1) is 13.8 Å². The molecule has 0 spiro atoms. The van der Waals surface area contributed by atoms with Gasteiger partial charge in [-0.25, -0.2) is 4.99 Å². The highest BCUT2D eigenvalue weighted by Crippen LogP contribution is 2.15. The van der Waals surface area contributed by atoms with Gasteiger partial charge in [0, 0.05) is 20.6 Å². The zero-order chi connectivity index (χ0) is 19.6. The molecule has 1 aromatic heterocycles. The van der Waals surface area contributed by atoms with Crippen LogP contribution in [0.4, 0.5) is 0 Å². The molecule has 0 atom stereocenters. The van der Waals surface area contributed by atoms with Crippen LogP contribution in [-0.4, -0.2) is 52.4 Å². The molecule has 0 fully saturated rings. The van der Waals surface area contributed by atoms with Crippen LogP contribution >= 0.6 is 24.0 Å². The van der Waals surface area contributed by atoms with Gasteiger partial charge < -0.3 is 19.5 Å². The Hall–Kier alpha value is -1.84. The van der Waals surface area contributed by atoms with Gasteiger partial charge in [-0.2, -0.15) is 0 Å². The maximum Gasteiger partial charge on any atom is 0.194 e. The summed E-state index contributed by atoms with van der Waals surface area (Å²) in [5.74, 6) is 3.53. The van der Waals surface area contributed by atoms with Crippen LogP contribution in [-0.2, 0) is 13.6 Å². The Morgan fingerprint density at radius 1 is 1.25 bits per heavy atom. The Kier molecular flexibility index (Phi) is 10.9. The van der Waals surface area contributed by atoms with Gasteiger partial charge in [0.05, 0.1) is 6.54 Å². The summed E-state index contributed by atoms with van der Waals surface area (Å²) in [7, 11) is 3.99. The Balaban J connectivity index is 0.00000392. The number of ether oxygens (including phenoxy) is 1. The number of para-hydroxylation sites is 1. The number of nitrogens with one attached hydrogen (secondary N) is 1. The molecule has 1 heterocycles. The number of nitrogens with zero attached hydrogens (tertiary/aromatic N) is 5. The minimum absolute atomic E-state index is 0. The zero-order valence-electron chi connectivity index (χ0n) is 17.6. The van der Waals surface area contributed by atoms with E-state index in [0.717, 1.165) is 54.9 Å². The molecule has 1 N–H and O–H groups in total. The second kappa shape index (κ2) is 12.6. The lowest BCUT2D eigenvalue weighted by Gasteiger charge is -2.23. The molecule has 0 unspecified atom stereocenters. The molecule has 0 aliphatic heterocycles. The van der Waals surface area contributed by atoms with Gasteiger partial charge in [-0.3, -0.25) is 0 Å². The molecule has 1 aromatic carbocycles.